The van der Waals surface area contributed by atoms with Crippen LogP contribution in [0.3, 0.4) is 0 Å². The van der Waals surface area contributed by atoms with Crippen LogP contribution in [-0.2, 0) is 0 Å². The molecule has 5 heteroatoms. The highest BCUT2D eigenvalue weighted by Gasteiger charge is 2.07. The zero-order valence-electron chi connectivity index (χ0n) is 12.4. The van der Waals surface area contributed by atoms with Gasteiger partial charge in [-0.15, -0.1) is 6.58 Å². The fraction of sp³-hybridized carbons (Fsp3) is 0. The van der Waals surface area contributed by atoms with Crippen LogP contribution in [0.1, 0.15) is 5.56 Å². The molecule has 1 aromatic heterocycles. The SMILES string of the molecule is C=CB(O)c1ccc(C#N)cc1.Oc1cccc2cccnc12. The molecule has 112 valence electrons. The highest BCUT2D eigenvalue weighted by Crippen LogP contribution is 2.20. The summed E-state index contributed by atoms with van der Waals surface area (Å²) < 4.78 is 0. The van der Waals surface area contributed by atoms with Crippen LogP contribution in [-0.4, -0.2) is 22.0 Å². The fourth-order valence-electron chi connectivity index (χ4n) is 1.98. The van der Waals surface area contributed by atoms with Gasteiger partial charge in [-0.1, -0.05) is 36.3 Å². The maximum atomic E-state index is 9.31. The van der Waals surface area contributed by atoms with Crippen LogP contribution in [0.25, 0.3) is 10.9 Å². The summed E-state index contributed by atoms with van der Waals surface area (Å²) in [6.07, 6.45) is 1.67. The number of para-hydroxylation sites is 1. The normalized spacial score (nSPS) is 9.39. The van der Waals surface area contributed by atoms with Crippen molar-refractivity contribution in [2.45, 2.75) is 0 Å². The molecule has 0 spiro atoms. The van der Waals surface area contributed by atoms with Crippen molar-refractivity contribution in [3.63, 3.8) is 0 Å². The molecule has 0 unspecified atom stereocenters. The zero-order chi connectivity index (χ0) is 16.7. The van der Waals surface area contributed by atoms with E-state index < -0.39 is 6.92 Å². The summed E-state index contributed by atoms with van der Waals surface area (Å²) in [5, 5.41) is 28.1. The lowest BCUT2D eigenvalue weighted by Crippen LogP contribution is -2.27. The number of phenolic OH excluding ortho intramolecular Hbond substituents is 1. The van der Waals surface area contributed by atoms with E-state index in [-0.39, 0.29) is 5.75 Å². The minimum Gasteiger partial charge on any atom is -0.506 e. The number of hydrogen-bond acceptors (Lipinski definition) is 4. The first kappa shape index (κ1) is 16.3. The van der Waals surface area contributed by atoms with Crippen molar-refractivity contribution >= 4 is 23.3 Å². The highest BCUT2D eigenvalue weighted by molar-refractivity contribution is 6.70. The predicted molar refractivity (Wildman–Crippen MR) is 92.4 cm³/mol. The van der Waals surface area contributed by atoms with Crippen LogP contribution >= 0.6 is 0 Å². The Morgan fingerprint density at radius 3 is 2.39 bits per heavy atom. The van der Waals surface area contributed by atoms with E-state index in [1.165, 1.54) is 5.98 Å². The maximum absolute atomic E-state index is 9.31. The molecule has 0 amide bonds. The molecule has 0 fully saturated rings. The lowest BCUT2D eigenvalue weighted by molar-refractivity contribution is 0.480. The monoisotopic (exact) mass is 302 g/mol. The molecule has 0 aliphatic rings. The van der Waals surface area contributed by atoms with Gasteiger partial charge in [0.05, 0.1) is 11.6 Å². The molecule has 0 bridgehead atoms. The van der Waals surface area contributed by atoms with Gasteiger partial charge in [-0.3, -0.25) is 4.98 Å². The Bertz CT molecular complexity index is 836. The summed E-state index contributed by atoms with van der Waals surface area (Å²) in [5.41, 5.74) is 2.01. The van der Waals surface area contributed by atoms with E-state index >= 15 is 0 Å². The molecule has 0 atom stereocenters. The molecule has 3 aromatic rings. The summed E-state index contributed by atoms with van der Waals surface area (Å²) >= 11 is 0. The lowest BCUT2D eigenvalue weighted by atomic mass is 9.62. The molecule has 3 rings (SSSR count). The Balaban J connectivity index is 0.000000167. The van der Waals surface area contributed by atoms with Crippen LogP contribution in [0, 0.1) is 11.3 Å². The van der Waals surface area contributed by atoms with E-state index in [1.807, 2.05) is 24.3 Å². The van der Waals surface area contributed by atoms with Crippen molar-refractivity contribution in [3.05, 3.63) is 78.9 Å². The first-order valence-electron chi connectivity index (χ1n) is 6.99. The van der Waals surface area contributed by atoms with Crippen molar-refractivity contribution in [3.8, 4) is 11.8 Å². The molecule has 2 N–H and O–H groups in total. The van der Waals surface area contributed by atoms with E-state index in [9.17, 15) is 10.1 Å². The van der Waals surface area contributed by atoms with E-state index in [2.05, 4.69) is 11.6 Å². The third-order valence-electron chi connectivity index (χ3n) is 3.22. The lowest BCUT2D eigenvalue weighted by Gasteiger charge is -1.99. The van der Waals surface area contributed by atoms with Crippen LogP contribution in [0.2, 0.25) is 0 Å². The molecule has 23 heavy (non-hydrogen) atoms. The van der Waals surface area contributed by atoms with E-state index in [0.717, 1.165) is 10.8 Å². The van der Waals surface area contributed by atoms with Gasteiger partial charge < -0.3 is 10.1 Å². The second-order valence-electron chi connectivity index (χ2n) is 4.77. The third kappa shape index (κ3) is 4.19. The molecule has 4 nitrogen and oxygen atoms in total. The largest absolute Gasteiger partial charge is 0.506 e. The summed E-state index contributed by atoms with van der Waals surface area (Å²) in [4.78, 5) is 4.03. The van der Waals surface area contributed by atoms with Gasteiger partial charge in [-0.2, -0.15) is 5.26 Å². The standard InChI is InChI=1S/C9H8BNO.C9H7NO/c1-2-10(12)9-5-3-8(7-11)4-6-9;11-8-5-1-3-7-4-2-6-10-9(7)8/h2-6,12H,1H2;1-6,11H. The third-order valence-corrected chi connectivity index (χ3v) is 3.22. The molecule has 1 heterocycles. The number of rotatable bonds is 2. The van der Waals surface area contributed by atoms with Gasteiger partial charge in [-0.25, -0.2) is 0 Å². The summed E-state index contributed by atoms with van der Waals surface area (Å²) in [5.74, 6) is 1.68. The Hall–Kier alpha value is -3.10. The van der Waals surface area contributed by atoms with Crippen LogP contribution in [0.4, 0.5) is 0 Å². The van der Waals surface area contributed by atoms with E-state index in [4.69, 9.17) is 5.26 Å². The number of hydrogen-bond donors (Lipinski definition) is 2. The van der Waals surface area contributed by atoms with Crippen LogP contribution < -0.4 is 5.46 Å². The first-order chi connectivity index (χ1) is 11.2. The zero-order valence-corrected chi connectivity index (χ0v) is 12.4. The smallest absolute Gasteiger partial charge is 0.350 e. The number of benzene rings is 2. The van der Waals surface area contributed by atoms with Gasteiger partial charge in [0.25, 0.3) is 0 Å². The number of aromatic nitrogens is 1. The summed E-state index contributed by atoms with van der Waals surface area (Å²) in [7, 11) is 0. The van der Waals surface area contributed by atoms with Gasteiger partial charge in [-0.05, 0) is 29.7 Å². The number of aromatic hydroxyl groups is 1. The number of nitriles is 1. The minimum absolute atomic E-state index is 0.239. The maximum Gasteiger partial charge on any atom is 0.350 e. The number of phenols is 1. The van der Waals surface area contributed by atoms with Gasteiger partial charge in [0, 0.05) is 11.6 Å². The average molecular weight is 302 g/mol. The Kier molecular flexibility index (Phi) is 5.51. The molecule has 0 aliphatic heterocycles. The average Bonchev–Trinajstić information content (AvgIpc) is 2.62. The molecule has 0 aliphatic carbocycles. The van der Waals surface area contributed by atoms with Crippen molar-refractivity contribution < 1.29 is 10.1 Å². The first-order valence-corrected chi connectivity index (χ1v) is 6.99. The fourth-order valence-corrected chi connectivity index (χ4v) is 1.98. The van der Waals surface area contributed by atoms with Crippen molar-refractivity contribution in [1.82, 2.24) is 4.98 Å². The van der Waals surface area contributed by atoms with Crippen molar-refractivity contribution in [1.29, 1.82) is 5.26 Å². The molecule has 0 saturated carbocycles. The molecular weight excluding hydrogens is 287 g/mol. The molecule has 0 radical (unpaired) electrons. The Morgan fingerprint density at radius 2 is 1.78 bits per heavy atom. The Morgan fingerprint density at radius 1 is 1.09 bits per heavy atom. The molecule has 0 saturated heterocycles. The van der Waals surface area contributed by atoms with Crippen LogP contribution in [0.5, 0.6) is 5.75 Å². The summed E-state index contributed by atoms with van der Waals surface area (Å²) in [6.45, 7) is 2.82. The number of fused-ring (bicyclic) bond motifs is 1. The van der Waals surface area contributed by atoms with Gasteiger partial charge in [0.15, 0.2) is 0 Å². The highest BCUT2D eigenvalue weighted by atomic mass is 16.3. The topological polar surface area (TPSA) is 77.1 Å². The van der Waals surface area contributed by atoms with Crippen molar-refractivity contribution in [2.24, 2.45) is 0 Å². The number of nitrogens with zero attached hydrogens (tertiary/aromatic N) is 2. The second kappa shape index (κ2) is 7.78. The minimum atomic E-state index is -0.641. The van der Waals surface area contributed by atoms with Gasteiger partial charge in [0.2, 0.25) is 0 Å². The Labute approximate surface area is 135 Å². The van der Waals surface area contributed by atoms with Crippen molar-refractivity contribution in [2.75, 3.05) is 0 Å². The predicted octanol–water partition coefficient (Wildman–Crippen LogP) is 2.41. The molecular formula is C18H15BN2O2. The van der Waals surface area contributed by atoms with E-state index in [1.54, 1.807) is 42.6 Å². The van der Waals surface area contributed by atoms with Gasteiger partial charge in [0.1, 0.15) is 11.3 Å². The quantitative estimate of drug-likeness (QED) is 0.713. The number of pyridine rings is 1. The summed E-state index contributed by atoms with van der Waals surface area (Å²) in [6, 6.07) is 17.9. The second-order valence-corrected chi connectivity index (χ2v) is 4.77. The van der Waals surface area contributed by atoms with Crippen LogP contribution in [0.15, 0.2) is 73.3 Å². The van der Waals surface area contributed by atoms with Gasteiger partial charge >= 0.3 is 6.92 Å². The molecule has 2 aromatic carbocycles. The van der Waals surface area contributed by atoms with E-state index in [0.29, 0.717) is 11.1 Å².